The first kappa shape index (κ1) is 12.2. The lowest BCUT2D eigenvalue weighted by Crippen LogP contribution is -1.81. The van der Waals surface area contributed by atoms with Crippen LogP contribution in [0, 0.1) is 0 Å². The molecule has 0 aromatic heterocycles. The van der Waals surface area contributed by atoms with E-state index in [0.717, 1.165) is 1.93 Å². The highest BCUT2D eigenvalue weighted by Crippen LogP contribution is 2.14. The fourth-order valence-electron chi connectivity index (χ4n) is 0.0825. The highest BCUT2D eigenvalue weighted by molar-refractivity contribution is 14.2. The minimum atomic E-state index is 0. The van der Waals surface area contributed by atoms with Gasteiger partial charge in [0.2, 0.25) is 0 Å². The number of alkyl halides is 3. The van der Waals surface area contributed by atoms with Crippen molar-refractivity contribution in [1.29, 1.82) is 0 Å². The molecule has 0 radical (unpaired) electrons. The van der Waals surface area contributed by atoms with Gasteiger partial charge in [-0.2, -0.15) is 0 Å². The average molecular weight is 458 g/mol. The number of hydrogen-bond donors (Lipinski definition) is 0. The van der Waals surface area contributed by atoms with Crippen molar-refractivity contribution in [1.82, 2.24) is 0 Å². The summed E-state index contributed by atoms with van der Waals surface area (Å²) in [5, 5.41) is 0. The molecule has 46 valence electrons. The first-order valence-electron chi connectivity index (χ1n) is 1.61. The van der Waals surface area contributed by atoms with E-state index in [9.17, 15) is 0 Å². The lowest BCUT2D eigenvalue weighted by atomic mass is 10.6. The van der Waals surface area contributed by atoms with Crippen LogP contribution in [0.15, 0.2) is 0 Å². The lowest BCUT2D eigenvalue weighted by molar-refractivity contribution is 1.15. The fourth-order valence-corrected chi connectivity index (χ4v) is 3.71. The maximum Gasteiger partial charge on any atom is 0.0633 e. The molecule has 0 aliphatic rings. The van der Waals surface area contributed by atoms with Crippen LogP contribution < -0.4 is 0 Å². The molecule has 0 atom stereocenters. The Balaban J connectivity index is 0. The molecule has 0 amide bonds. The molecule has 0 nitrogen and oxygen atoms in total. The van der Waals surface area contributed by atoms with Gasteiger partial charge in [-0.3, -0.25) is 0 Å². The molecule has 0 bridgehead atoms. The van der Waals surface area contributed by atoms with E-state index in [1.54, 1.807) is 0 Å². The van der Waals surface area contributed by atoms with Gasteiger partial charge in [-0.1, -0.05) is 67.8 Å². The lowest BCUT2D eigenvalue weighted by Gasteiger charge is -1.90. The van der Waals surface area contributed by atoms with Crippen LogP contribution in [0.2, 0.25) is 0 Å². The molecule has 0 aromatic carbocycles. The molecule has 0 aliphatic carbocycles. The third kappa shape index (κ3) is 11.9. The Morgan fingerprint density at radius 1 is 1.29 bits per heavy atom. The molecular weight excluding hydrogens is 452 g/mol. The van der Waals surface area contributed by atoms with Gasteiger partial charge in [-0.25, -0.2) is 0 Å². The molecule has 0 spiro atoms. The number of rotatable bonds is 2. The highest BCUT2D eigenvalue weighted by atomic mass is 127. The third-order valence-electron chi connectivity index (χ3n) is 0.327. The van der Waals surface area contributed by atoms with E-state index in [4.69, 9.17) is 0 Å². The molecule has 0 N–H and O–H groups in total. The Kier molecular flexibility index (Phi) is 14.8. The summed E-state index contributed by atoms with van der Waals surface area (Å²) in [6.07, 6.45) is 1.34. The highest BCUT2D eigenvalue weighted by Gasteiger charge is 1.91. The van der Waals surface area contributed by atoms with Crippen LogP contribution >= 0.6 is 80.2 Å². The normalized spacial score (nSPS) is 8.57. The Hall–Kier alpha value is 2.48. The molecule has 0 rings (SSSR count). The number of halogens is 4. The minimum absolute atomic E-state index is 0. The van der Waals surface area contributed by atoms with Crippen molar-refractivity contribution in [3.63, 3.8) is 0 Å². The first-order chi connectivity index (χ1) is 2.77. The Labute approximate surface area is 91.4 Å². The summed E-state index contributed by atoms with van der Waals surface area (Å²) in [6.45, 7) is 0. The molecule has 0 aliphatic heterocycles. The maximum absolute atomic E-state index is 2.42. The van der Waals surface area contributed by atoms with Crippen LogP contribution in [0.5, 0.6) is 0 Å². The molecule has 0 heterocycles. The van der Waals surface area contributed by atoms with E-state index >= 15 is 0 Å². The van der Waals surface area contributed by atoms with Crippen molar-refractivity contribution in [2.24, 2.45) is 0 Å². The maximum atomic E-state index is 2.42. The van der Waals surface area contributed by atoms with Crippen molar-refractivity contribution in [3.05, 3.63) is 0 Å². The molecule has 0 aromatic rings. The van der Waals surface area contributed by atoms with Gasteiger partial charge in [0.15, 0.2) is 0 Å². The molecule has 7 heavy (non-hydrogen) atoms. The van der Waals surface area contributed by atoms with E-state index < -0.39 is 0 Å². The smallest absolute Gasteiger partial charge is 0.0633 e. The summed E-state index contributed by atoms with van der Waals surface area (Å²) in [6, 6.07) is 0. The summed E-state index contributed by atoms with van der Waals surface area (Å²) in [5.74, 6) is 0. The molecule has 0 unspecified atom stereocenters. The second kappa shape index (κ2) is 8.48. The standard InChI is InChI=1S/C3H5I3.ClH/c4-2-1-3(5)6;/h3H,1-2H2;1H. The first-order valence-corrected chi connectivity index (χ1v) is 5.63. The van der Waals surface area contributed by atoms with Crippen LogP contribution in [0.1, 0.15) is 6.42 Å². The van der Waals surface area contributed by atoms with Crippen molar-refractivity contribution < 1.29 is 0 Å². The Morgan fingerprint density at radius 3 is 1.71 bits per heavy atom. The zero-order chi connectivity index (χ0) is 4.99. The van der Waals surface area contributed by atoms with Crippen LogP contribution in [0.4, 0.5) is 0 Å². The minimum Gasteiger partial charge on any atom is -0.147 e. The third-order valence-corrected chi connectivity index (χ3v) is 2.20. The van der Waals surface area contributed by atoms with Crippen molar-refractivity contribution in [2.75, 3.05) is 4.43 Å². The second-order valence-corrected chi connectivity index (χ2v) is 7.34. The van der Waals surface area contributed by atoms with Gasteiger partial charge in [0, 0.05) is 4.43 Å². The fraction of sp³-hybridized carbons (Fsp3) is 1.00. The van der Waals surface area contributed by atoms with Crippen LogP contribution in [0.25, 0.3) is 0 Å². The molecule has 0 saturated heterocycles. The summed E-state index contributed by atoms with van der Waals surface area (Å²) in [7, 11) is 0. The quantitative estimate of drug-likeness (QED) is 0.440. The van der Waals surface area contributed by atoms with Crippen molar-refractivity contribution in [3.8, 4) is 0 Å². The summed E-state index contributed by atoms with van der Waals surface area (Å²) >= 11 is 7.24. The Bertz CT molecular complexity index is 31.4. The molecular formula is C3H6ClI3. The predicted molar refractivity (Wildman–Crippen MR) is 62.6 cm³/mol. The van der Waals surface area contributed by atoms with Crippen LogP contribution in [-0.4, -0.2) is 6.36 Å². The van der Waals surface area contributed by atoms with Crippen molar-refractivity contribution in [2.45, 2.75) is 8.35 Å². The average Bonchev–Trinajstić information content (AvgIpc) is 1.35. The largest absolute Gasteiger partial charge is 0.147 e. The Morgan fingerprint density at radius 2 is 1.71 bits per heavy atom. The molecule has 0 fully saturated rings. The predicted octanol–water partition coefficient (Wildman–Crippen LogP) is 3.43. The number of hydrogen-bond acceptors (Lipinski definition) is 0. The van der Waals surface area contributed by atoms with Gasteiger partial charge < -0.3 is 0 Å². The molecule has 0 saturated carbocycles. The van der Waals surface area contributed by atoms with Crippen LogP contribution in [-0.2, 0) is 0 Å². The van der Waals surface area contributed by atoms with E-state index in [-0.39, 0.29) is 12.4 Å². The SMILES string of the molecule is Cl.ICCC(I)I. The summed E-state index contributed by atoms with van der Waals surface area (Å²) in [4.78, 5) is 0. The van der Waals surface area contributed by atoms with E-state index in [2.05, 4.69) is 67.8 Å². The van der Waals surface area contributed by atoms with Crippen LogP contribution in [0.3, 0.4) is 0 Å². The van der Waals surface area contributed by atoms with Gasteiger partial charge in [0.05, 0.1) is 1.93 Å². The topological polar surface area (TPSA) is 0 Å². The van der Waals surface area contributed by atoms with Gasteiger partial charge in [0.25, 0.3) is 0 Å². The van der Waals surface area contributed by atoms with Crippen molar-refractivity contribution >= 4 is 80.2 Å². The van der Waals surface area contributed by atoms with Gasteiger partial charge in [-0.05, 0) is 6.42 Å². The summed E-state index contributed by atoms with van der Waals surface area (Å²) in [5.41, 5.74) is 0. The van der Waals surface area contributed by atoms with E-state index in [0.29, 0.717) is 0 Å². The van der Waals surface area contributed by atoms with E-state index in [1.165, 1.54) is 10.8 Å². The van der Waals surface area contributed by atoms with E-state index in [1.807, 2.05) is 0 Å². The zero-order valence-corrected chi connectivity index (χ0v) is 10.8. The van der Waals surface area contributed by atoms with Gasteiger partial charge >= 0.3 is 0 Å². The summed E-state index contributed by atoms with van der Waals surface area (Å²) < 4.78 is 2.12. The second-order valence-electron chi connectivity index (χ2n) is 0.869. The van der Waals surface area contributed by atoms with Gasteiger partial charge in [-0.15, -0.1) is 12.4 Å². The zero-order valence-electron chi connectivity index (χ0n) is 3.53. The van der Waals surface area contributed by atoms with Gasteiger partial charge in [0.1, 0.15) is 0 Å². The molecule has 4 heteroatoms. The monoisotopic (exact) mass is 458 g/mol.